The van der Waals surface area contributed by atoms with Crippen LogP contribution >= 0.6 is 24.0 Å². The summed E-state index contributed by atoms with van der Waals surface area (Å²) in [5.74, 6) is 1.45. The Hall–Kier alpha value is -1.77. The average molecular weight is 562 g/mol. The lowest BCUT2D eigenvalue weighted by atomic mass is 10.2. The van der Waals surface area contributed by atoms with Crippen LogP contribution in [0.4, 0.5) is 0 Å². The molecule has 1 aromatic heterocycles. The van der Waals surface area contributed by atoms with Gasteiger partial charge in [0.15, 0.2) is 5.96 Å². The van der Waals surface area contributed by atoms with Crippen LogP contribution in [0.5, 0.6) is 0 Å². The third kappa shape index (κ3) is 6.14. The maximum absolute atomic E-state index is 13.2. The summed E-state index contributed by atoms with van der Waals surface area (Å²) >= 11 is 0. The molecule has 1 fully saturated rings. The van der Waals surface area contributed by atoms with Gasteiger partial charge in [0.25, 0.3) is 0 Å². The Labute approximate surface area is 201 Å². The fourth-order valence-electron chi connectivity index (χ4n) is 3.38. The molecule has 1 N–H and O–H groups in total. The van der Waals surface area contributed by atoms with E-state index in [2.05, 4.69) is 25.3 Å². The van der Waals surface area contributed by atoms with E-state index in [4.69, 9.17) is 0 Å². The van der Waals surface area contributed by atoms with Crippen LogP contribution in [0, 0.1) is 0 Å². The molecule has 1 saturated heterocycles. The van der Waals surface area contributed by atoms with E-state index in [1.54, 1.807) is 28.2 Å². The van der Waals surface area contributed by atoms with Crippen LogP contribution in [-0.4, -0.2) is 90.6 Å². The van der Waals surface area contributed by atoms with E-state index in [0.717, 1.165) is 18.9 Å². The van der Waals surface area contributed by atoms with Crippen LogP contribution in [-0.2, 0) is 30.2 Å². The fraction of sp³-hybridized carbons (Fsp3) is 0.526. The standard InChI is InChI=1S/C19H30N8O2S.HI/c1-20-19(25(3)14-18-22-15-23-26(18)4)21-13-16-7-5-6-8-17(16)30(28,29)27-11-9-24(2)10-12-27;/h5-8,15H,9-14H2,1-4H3,(H,20,21);1H. The van der Waals surface area contributed by atoms with E-state index in [1.165, 1.54) is 6.33 Å². The van der Waals surface area contributed by atoms with Gasteiger partial charge in [-0.15, -0.1) is 24.0 Å². The van der Waals surface area contributed by atoms with Crippen molar-refractivity contribution < 1.29 is 8.42 Å². The van der Waals surface area contributed by atoms with Crippen molar-refractivity contribution in [1.82, 2.24) is 34.2 Å². The van der Waals surface area contributed by atoms with Crippen molar-refractivity contribution in [3.63, 3.8) is 0 Å². The number of aliphatic imine (C=N–C) groups is 1. The molecule has 1 aliphatic heterocycles. The number of benzene rings is 1. The van der Waals surface area contributed by atoms with Gasteiger partial charge in [-0.3, -0.25) is 9.67 Å². The second-order valence-electron chi connectivity index (χ2n) is 7.37. The molecule has 12 heteroatoms. The first-order valence-corrected chi connectivity index (χ1v) is 11.3. The molecule has 0 saturated carbocycles. The summed E-state index contributed by atoms with van der Waals surface area (Å²) in [6, 6.07) is 7.14. The van der Waals surface area contributed by atoms with Crippen molar-refractivity contribution in [2.45, 2.75) is 18.0 Å². The van der Waals surface area contributed by atoms with Gasteiger partial charge in [0.2, 0.25) is 10.0 Å². The fourth-order valence-corrected chi connectivity index (χ4v) is 5.02. The third-order valence-corrected chi connectivity index (χ3v) is 7.25. The molecule has 0 unspecified atom stereocenters. The highest BCUT2D eigenvalue weighted by molar-refractivity contribution is 14.0. The molecule has 0 spiro atoms. The third-order valence-electron chi connectivity index (χ3n) is 5.25. The summed E-state index contributed by atoms with van der Waals surface area (Å²) in [6.45, 7) is 3.35. The topological polar surface area (TPSA) is 99.0 Å². The largest absolute Gasteiger partial charge is 0.352 e. The van der Waals surface area contributed by atoms with E-state index in [1.807, 2.05) is 38.2 Å². The molecule has 0 radical (unpaired) electrons. The summed E-state index contributed by atoms with van der Waals surface area (Å²) in [7, 11) is 3.89. The van der Waals surface area contributed by atoms with E-state index < -0.39 is 10.0 Å². The second-order valence-corrected chi connectivity index (χ2v) is 9.28. The van der Waals surface area contributed by atoms with Gasteiger partial charge in [-0.1, -0.05) is 18.2 Å². The predicted octanol–water partition coefficient (Wildman–Crippen LogP) is 0.577. The zero-order chi connectivity index (χ0) is 21.7. The molecule has 10 nitrogen and oxygen atoms in total. The van der Waals surface area contributed by atoms with Gasteiger partial charge in [0.05, 0.1) is 11.4 Å². The summed E-state index contributed by atoms with van der Waals surface area (Å²) in [5.41, 5.74) is 0.713. The number of aromatic nitrogens is 3. The van der Waals surface area contributed by atoms with Gasteiger partial charge in [-0.25, -0.2) is 13.4 Å². The molecular weight excluding hydrogens is 531 g/mol. The van der Waals surface area contributed by atoms with Gasteiger partial charge in [0.1, 0.15) is 12.2 Å². The number of likely N-dealkylation sites (N-methyl/N-ethyl adjacent to an activating group) is 1. The first-order valence-electron chi connectivity index (χ1n) is 9.84. The van der Waals surface area contributed by atoms with Crippen molar-refractivity contribution in [3.05, 3.63) is 42.0 Å². The molecule has 0 bridgehead atoms. The van der Waals surface area contributed by atoms with Crippen LogP contribution < -0.4 is 5.32 Å². The maximum atomic E-state index is 13.2. The van der Waals surface area contributed by atoms with E-state index in [-0.39, 0.29) is 24.0 Å². The highest BCUT2D eigenvalue weighted by Crippen LogP contribution is 2.21. The summed E-state index contributed by atoms with van der Waals surface area (Å²) in [6.07, 6.45) is 1.51. The molecule has 0 atom stereocenters. The minimum absolute atomic E-state index is 0. The Balaban J connectivity index is 0.00000341. The maximum Gasteiger partial charge on any atom is 0.243 e. The molecule has 172 valence electrons. The SMILES string of the molecule is CN=C(NCc1ccccc1S(=O)(=O)N1CCN(C)CC1)N(C)Cc1ncnn1C.I. The number of rotatable bonds is 6. The van der Waals surface area contributed by atoms with E-state index >= 15 is 0 Å². The molecular formula is C19H31IN8O2S. The minimum Gasteiger partial charge on any atom is -0.352 e. The Morgan fingerprint density at radius 1 is 1.19 bits per heavy atom. The van der Waals surface area contributed by atoms with Crippen LogP contribution in [0.1, 0.15) is 11.4 Å². The highest BCUT2D eigenvalue weighted by atomic mass is 127. The van der Waals surface area contributed by atoms with Gasteiger partial charge < -0.3 is 15.1 Å². The normalized spacial score (nSPS) is 16.1. The van der Waals surface area contributed by atoms with Crippen molar-refractivity contribution >= 4 is 40.0 Å². The first-order chi connectivity index (χ1) is 14.3. The Morgan fingerprint density at radius 2 is 1.87 bits per heavy atom. The second kappa shape index (κ2) is 11.2. The average Bonchev–Trinajstić information content (AvgIpc) is 3.13. The number of hydrogen-bond acceptors (Lipinski definition) is 6. The van der Waals surface area contributed by atoms with Crippen molar-refractivity contribution in [1.29, 1.82) is 0 Å². The van der Waals surface area contributed by atoms with Crippen LogP contribution in [0.15, 0.2) is 40.5 Å². The first kappa shape index (κ1) is 25.5. The number of halogens is 1. The number of sulfonamides is 1. The Kier molecular flexibility index (Phi) is 9.21. The molecule has 31 heavy (non-hydrogen) atoms. The van der Waals surface area contributed by atoms with E-state index in [9.17, 15) is 8.42 Å². The molecule has 0 aliphatic carbocycles. The summed E-state index contributed by atoms with van der Waals surface area (Å²) in [5, 5.41) is 7.35. The number of aryl methyl sites for hydroxylation is 1. The van der Waals surface area contributed by atoms with Crippen LogP contribution in [0.2, 0.25) is 0 Å². The molecule has 3 rings (SSSR count). The number of hydrogen-bond donors (Lipinski definition) is 1. The predicted molar refractivity (Wildman–Crippen MR) is 131 cm³/mol. The molecule has 1 aliphatic rings. The molecule has 1 aromatic carbocycles. The smallest absolute Gasteiger partial charge is 0.243 e. The monoisotopic (exact) mass is 562 g/mol. The zero-order valence-corrected chi connectivity index (χ0v) is 21.5. The lowest BCUT2D eigenvalue weighted by Gasteiger charge is -2.32. The van der Waals surface area contributed by atoms with Gasteiger partial charge in [-0.2, -0.15) is 9.40 Å². The van der Waals surface area contributed by atoms with Gasteiger partial charge >= 0.3 is 0 Å². The van der Waals surface area contributed by atoms with Crippen molar-refractivity contribution in [2.24, 2.45) is 12.0 Å². The van der Waals surface area contributed by atoms with E-state index in [0.29, 0.717) is 42.6 Å². The Bertz CT molecular complexity index is 986. The number of nitrogens with zero attached hydrogens (tertiary/aromatic N) is 7. The number of piperazine rings is 1. The number of nitrogens with one attached hydrogen (secondary N) is 1. The van der Waals surface area contributed by atoms with Crippen molar-refractivity contribution in [2.75, 3.05) is 47.3 Å². The lowest BCUT2D eigenvalue weighted by Crippen LogP contribution is -2.47. The van der Waals surface area contributed by atoms with Crippen LogP contribution in [0.25, 0.3) is 0 Å². The molecule has 2 heterocycles. The van der Waals surface area contributed by atoms with Crippen molar-refractivity contribution in [3.8, 4) is 0 Å². The zero-order valence-electron chi connectivity index (χ0n) is 18.4. The number of guanidine groups is 1. The quantitative estimate of drug-likeness (QED) is 0.313. The molecule has 0 amide bonds. The van der Waals surface area contributed by atoms with Crippen LogP contribution in [0.3, 0.4) is 0 Å². The molecule has 2 aromatic rings. The lowest BCUT2D eigenvalue weighted by molar-refractivity contribution is 0.222. The van der Waals surface area contributed by atoms with Gasteiger partial charge in [-0.05, 0) is 18.7 Å². The highest BCUT2D eigenvalue weighted by Gasteiger charge is 2.29. The van der Waals surface area contributed by atoms with Gasteiger partial charge in [0, 0.05) is 53.9 Å². The summed E-state index contributed by atoms with van der Waals surface area (Å²) < 4.78 is 29.7. The minimum atomic E-state index is -3.55. The summed E-state index contributed by atoms with van der Waals surface area (Å²) in [4.78, 5) is 12.9. The Morgan fingerprint density at radius 3 is 2.48 bits per heavy atom.